The van der Waals surface area contributed by atoms with Crippen LogP contribution in [0.15, 0.2) is 18.3 Å². The third-order valence-corrected chi connectivity index (χ3v) is 4.30. The van der Waals surface area contributed by atoms with Crippen LogP contribution < -0.4 is 10.2 Å². The molecule has 1 aliphatic heterocycles. The zero-order valence-electron chi connectivity index (χ0n) is 11.9. The highest BCUT2D eigenvalue weighted by molar-refractivity contribution is 7.11. The molecule has 2 aromatic rings. The van der Waals surface area contributed by atoms with Crippen molar-refractivity contribution < 1.29 is 4.79 Å². The van der Waals surface area contributed by atoms with Crippen molar-refractivity contribution in [2.45, 2.75) is 26.3 Å². The van der Waals surface area contributed by atoms with E-state index in [2.05, 4.69) is 25.4 Å². The summed E-state index contributed by atoms with van der Waals surface area (Å²) >= 11 is 1.58. The Bertz CT molecular complexity index is 619. The van der Waals surface area contributed by atoms with Gasteiger partial charge in [-0.15, -0.1) is 21.5 Å². The van der Waals surface area contributed by atoms with Crippen molar-refractivity contribution in [1.82, 2.24) is 20.5 Å². The number of anilines is 1. The summed E-state index contributed by atoms with van der Waals surface area (Å²) in [5, 5.41) is 11.9. The maximum absolute atomic E-state index is 12.0. The number of aromatic nitrogens is 3. The van der Waals surface area contributed by atoms with Crippen LogP contribution in [0.4, 0.5) is 5.82 Å². The predicted molar refractivity (Wildman–Crippen MR) is 81.5 cm³/mol. The van der Waals surface area contributed by atoms with Gasteiger partial charge >= 0.3 is 0 Å². The summed E-state index contributed by atoms with van der Waals surface area (Å²) in [6, 6.07) is 3.59. The molecule has 1 aliphatic rings. The van der Waals surface area contributed by atoms with Crippen LogP contribution in [0.3, 0.4) is 0 Å². The molecule has 0 atom stereocenters. The molecule has 110 valence electrons. The first-order chi connectivity index (χ1) is 10.2. The minimum Gasteiger partial charge on any atom is -0.355 e. The van der Waals surface area contributed by atoms with Gasteiger partial charge < -0.3 is 10.2 Å². The van der Waals surface area contributed by atoms with E-state index in [9.17, 15) is 4.79 Å². The van der Waals surface area contributed by atoms with Crippen molar-refractivity contribution in [3.63, 3.8) is 0 Å². The number of hydrogen-bond donors (Lipinski definition) is 1. The summed E-state index contributed by atoms with van der Waals surface area (Å²) < 4.78 is 0. The Morgan fingerprint density at radius 1 is 1.33 bits per heavy atom. The van der Waals surface area contributed by atoms with Gasteiger partial charge in [0.15, 0.2) is 11.5 Å². The second-order valence-corrected chi connectivity index (χ2v) is 6.34. The average Bonchev–Trinajstić information content (AvgIpc) is 3.16. The molecule has 1 N–H and O–H groups in total. The van der Waals surface area contributed by atoms with Gasteiger partial charge in [-0.05, 0) is 31.9 Å². The van der Waals surface area contributed by atoms with Gasteiger partial charge in [0.25, 0.3) is 5.91 Å². The molecule has 0 saturated carbocycles. The van der Waals surface area contributed by atoms with Crippen LogP contribution in [0.25, 0.3) is 0 Å². The summed E-state index contributed by atoms with van der Waals surface area (Å²) in [5.41, 5.74) is 0.339. The fourth-order valence-electron chi connectivity index (χ4n) is 2.29. The number of aryl methyl sites for hydroxylation is 1. The number of amides is 1. The van der Waals surface area contributed by atoms with Gasteiger partial charge in [0.2, 0.25) is 0 Å². The minimum atomic E-state index is -0.219. The van der Waals surface area contributed by atoms with Gasteiger partial charge in [-0.25, -0.2) is 4.98 Å². The van der Waals surface area contributed by atoms with E-state index >= 15 is 0 Å². The molecule has 0 unspecified atom stereocenters. The first-order valence-corrected chi connectivity index (χ1v) is 7.82. The third kappa shape index (κ3) is 3.36. The van der Waals surface area contributed by atoms with Crippen molar-refractivity contribution in [3.05, 3.63) is 33.9 Å². The van der Waals surface area contributed by atoms with Crippen LogP contribution in [-0.2, 0) is 6.54 Å². The average molecular weight is 303 g/mol. The minimum absolute atomic E-state index is 0.219. The first-order valence-electron chi connectivity index (χ1n) is 7.00. The number of rotatable bonds is 4. The second-order valence-electron chi connectivity index (χ2n) is 5.02. The van der Waals surface area contributed by atoms with Gasteiger partial charge in [-0.2, -0.15) is 0 Å². The van der Waals surface area contributed by atoms with Crippen LogP contribution in [0.1, 0.15) is 33.2 Å². The topological polar surface area (TPSA) is 71.0 Å². The fraction of sp³-hybridized carbons (Fsp3) is 0.429. The molecule has 7 heteroatoms. The molecule has 1 fully saturated rings. The summed E-state index contributed by atoms with van der Waals surface area (Å²) in [4.78, 5) is 19.5. The second kappa shape index (κ2) is 6.17. The van der Waals surface area contributed by atoms with Crippen molar-refractivity contribution in [3.8, 4) is 0 Å². The van der Waals surface area contributed by atoms with E-state index in [1.54, 1.807) is 23.6 Å². The fourth-order valence-corrected chi connectivity index (χ4v) is 3.02. The van der Waals surface area contributed by atoms with Crippen LogP contribution in [0, 0.1) is 6.92 Å². The molecule has 3 rings (SSSR count). The lowest BCUT2D eigenvalue weighted by Crippen LogP contribution is -2.25. The Labute approximate surface area is 127 Å². The van der Waals surface area contributed by atoms with E-state index in [1.165, 1.54) is 12.8 Å². The molecule has 0 radical (unpaired) electrons. The van der Waals surface area contributed by atoms with Crippen LogP contribution in [0.2, 0.25) is 0 Å². The van der Waals surface area contributed by atoms with Gasteiger partial charge in [0.1, 0.15) is 5.01 Å². The Morgan fingerprint density at radius 2 is 2.14 bits per heavy atom. The molecule has 0 bridgehead atoms. The summed E-state index contributed by atoms with van der Waals surface area (Å²) in [7, 11) is 0. The summed E-state index contributed by atoms with van der Waals surface area (Å²) in [5.74, 6) is 0.628. The quantitative estimate of drug-likeness (QED) is 0.932. The van der Waals surface area contributed by atoms with Gasteiger partial charge in [-0.1, -0.05) is 0 Å². The molecule has 1 saturated heterocycles. The van der Waals surface area contributed by atoms with E-state index in [-0.39, 0.29) is 5.91 Å². The largest absolute Gasteiger partial charge is 0.355 e. The molecule has 3 heterocycles. The van der Waals surface area contributed by atoms with Crippen LogP contribution >= 0.6 is 11.3 Å². The summed E-state index contributed by atoms with van der Waals surface area (Å²) in [6.45, 7) is 4.45. The Hall–Kier alpha value is -2.02. The van der Waals surface area contributed by atoms with Crippen LogP contribution in [-0.4, -0.2) is 34.2 Å². The standard InChI is InChI=1S/C14H17N5OS/c1-10-8-15-13(21-10)9-16-14(20)11-4-5-12(18-17-11)19-6-2-3-7-19/h4-5,8H,2-3,6-7,9H2,1H3,(H,16,20). The number of hydrogen-bond acceptors (Lipinski definition) is 6. The predicted octanol–water partition coefficient (Wildman–Crippen LogP) is 1.77. The highest BCUT2D eigenvalue weighted by atomic mass is 32.1. The Morgan fingerprint density at radius 3 is 2.76 bits per heavy atom. The third-order valence-electron chi connectivity index (χ3n) is 3.38. The van der Waals surface area contributed by atoms with Crippen LogP contribution in [0.5, 0.6) is 0 Å². The lowest BCUT2D eigenvalue weighted by molar-refractivity contribution is 0.0945. The number of carbonyl (C=O) groups excluding carboxylic acids is 1. The van der Waals surface area contributed by atoms with Gasteiger partial charge in [0.05, 0.1) is 6.54 Å². The maximum atomic E-state index is 12.0. The molecule has 6 nitrogen and oxygen atoms in total. The van der Waals surface area contributed by atoms with Crippen molar-refractivity contribution in [2.24, 2.45) is 0 Å². The van der Waals surface area contributed by atoms with Gasteiger partial charge in [0, 0.05) is 24.2 Å². The SMILES string of the molecule is Cc1cnc(CNC(=O)c2ccc(N3CCCC3)nn2)s1. The molecule has 0 aromatic carbocycles. The number of carbonyl (C=O) groups is 1. The Balaban J connectivity index is 1.59. The van der Waals surface area contributed by atoms with E-state index in [4.69, 9.17) is 0 Å². The van der Waals surface area contributed by atoms with Crippen molar-refractivity contribution in [1.29, 1.82) is 0 Å². The molecular formula is C14H17N5OS. The first kappa shape index (κ1) is 13.9. The van der Waals surface area contributed by atoms with E-state index in [0.29, 0.717) is 12.2 Å². The van der Waals surface area contributed by atoms with Crippen molar-refractivity contribution in [2.75, 3.05) is 18.0 Å². The summed E-state index contributed by atoms with van der Waals surface area (Å²) in [6.07, 6.45) is 4.19. The highest BCUT2D eigenvalue weighted by Crippen LogP contribution is 2.16. The lowest BCUT2D eigenvalue weighted by atomic mass is 10.3. The van der Waals surface area contributed by atoms with E-state index in [1.807, 2.05) is 13.0 Å². The monoisotopic (exact) mass is 303 g/mol. The van der Waals surface area contributed by atoms with Gasteiger partial charge in [-0.3, -0.25) is 4.79 Å². The van der Waals surface area contributed by atoms with E-state index in [0.717, 1.165) is 28.8 Å². The maximum Gasteiger partial charge on any atom is 0.272 e. The van der Waals surface area contributed by atoms with E-state index < -0.39 is 0 Å². The number of nitrogens with one attached hydrogen (secondary N) is 1. The highest BCUT2D eigenvalue weighted by Gasteiger charge is 2.15. The molecule has 21 heavy (non-hydrogen) atoms. The Kier molecular flexibility index (Phi) is 4.10. The smallest absolute Gasteiger partial charge is 0.272 e. The molecular weight excluding hydrogens is 286 g/mol. The number of thiazole rings is 1. The number of nitrogens with zero attached hydrogens (tertiary/aromatic N) is 4. The molecule has 2 aromatic heterocycles. The lowest BCUT2D eigenvalue weighted by Gasteiger charge is -2.15. The zero-order chi connectivity index (χ0) is 14.7. The molecule has 1 amide bonds. The molecule has 0 spiro atoms. The zero-order valence-corrected chi connectivity index (χ0v) is 12.7. The normalized spacial score (nSPS) is 14.4. The van der Waals surface area contributed by atoms with Crippen molar-refractivity contribution >= 4 is 23.1 Å². The molecule has 0 aliphatic carbocycles.